The average molecular weight is 468 g/mol. The van der Waals surface area contributed by atoms with Crippen LogP contribution in [0.25, 0.3) is 16.8 Å². The predicted octanol–water partition coefficient (Wildman–Crippen LogP) is 4.41. The number of amides is 1. The Balaban J connectivity index is 1.66. The molecule has 2 N–H and O–H groups in total. The minimum absolute atomic E-state index is 0.366. The number of hydrogen-bond acceptors (Lipinski definition) is 6. The molecule has 9 nitrogen and oxygen atoms in total. The van der Waals surface area contributed by atoms with E-state index >= 15 is 0 Å². The van der Waals surface area contributed by atoms with Crippen molar-refractivity contribution >= 4 is 17.3 Å². The first-order valence-corrected chi connectivity index (χ1v) is 11.6. The Labute approximate surface area is 199 Å². The number of aryl methyl sites for hydroxylation is 1. The quantitative estimate of drug-likeness (QED) is 0.506. The number of fused-ring (bicyclic) bond motifs is 1. The summed E-state index contributed by atoms with van der Waals surface area (Å²) in [5, 5.41) is 11.5. The van der Waals surface area contributed by atoms with Crippen molar-refractivity contribution in [2.45, 2.75) is 44.6 Å². The smallest absolute Gasteiger partial charge is 0.409 e. The lowest BCUT2D eigenvalue weighted by atomic mass is 9.85. The summed E-state index contributed by atoms with van der Waals surface area (Å²) in [6, 6.07) is 5.97. The van der Waals surface area contributed by atoms with Gasteiger partial charge in [-0.1, -0.05) is 6.07 Å². The highest BCUT2D eigenvalue weighted by molar-refractivity contribution is 5.88. The number of imidazole rings is 1. The number of nitrogens with zero attached hydrogens (tertiary/aromatic N) is 4. The van der Waals surface area contributed by atoms with Gasteiger partial charge in [-0.05, 0) is 51.8 Å². The van der Waals surface area contributed by atoms with E-state index in [0.29, 0.717) is 23.4 Å². The van der Waals surface area contributed by atoms with Crippen molar-refractivity contribution in [3.05, 3.63) is 42.1 Å². The fourth-order valence-corrected chi connectivity index (χ4v) is 4.96. The summed E-state index contributed by atoms with van der Waals surface area (Å²) in [5.74, 6) is 1.87. The molecule has 4 rings (SSSR count). The molecule has 1 aromatic carbocycles. The first-order chi connectivity index (χ1) is 16.4. The Morgan fingerprint density at radius 1 is 1.26 bits per heavy atom. The van der Waals surface area contributed by atoms with E-state index in [-0.39, 0.29) is 0 Å². The molecular weight excluding hydrogens is 434 g/mol. The van der Waals surface area contributed by atoms with Crippen molar-refractivity contribution in [1.29, 1.82) is 0 Å². The lowest BCUT2D eigenvalue weighted by molar-refractivity contribution is 0.119. The minimum Gasteiger partial charge on any atom is -0.495 e. The third-order valence-electron chi connectivity index (χ3n) is 6.81. The Hall–Kier alpha value is -3.17. The molecule has 9 heteroatoms. The monoisotopic (exact) mass is 467 g/mol. The van der Waals surface area contributed by atoms with Gasteiger partial charge in [-0.3, -0.25) is 14.7 Å². The minimum atomic E-state index is -1.13. The van der Waals surface area contributed by atoms with E-state index in [1.54, 1.807) is 13.2 Å². The van der Waals surface area contributed by atoms with Crippen molar-refractivity contribution in [3.8, 4) is 17.0 Å². The molecule has 2 heterocycles. The van der Waals surface area contributed by atoms with Crippen molar-refractivity contribution in [2.24, 2.45) is 0 Å². The van der Waals surface area contributed by atoms with Crippen molar-refractivity contribution < 1.29 is 19.4 Å². The van der Waals surface area contributed by atoms with Gasteiger partial charge in [0, 0.05) is 43.6 Å². The number of benzene rings is 1. The number of aromatic nitrogens is 3. The second-order valence-electron chi connectivity index (χ2n) is 8.87. The number of likely N-dealkylation sites (N-methyl/N-ethyl adjacent to an activating group) is 1. The molecule has 34 heavy (non-hydrogen) atoms. The molecule has 0 atom stereocenters. The average Bonchev–Trinajstić information content (AvgIpc) is 3.23. The Morgan fingerprint density at radius 3 is 2.71 bits per heavy atom. The SMILES string of the molecule is COCCN(C)C1CCC(c2nc(-c3ccc(NC(=O)O)c(OC)c3)c3c(C)nccn23)CC1. The summed E-state index contributed by atoms with van der Waals surface area (Å²) in [6.07, 6.45) is 7.08. The van der Waals surface area contributed by atoms with E-state index in [9.17, 15) is 4.79 Å². The van der Waals surface area contributed by atoms with Crippen molar-refractivity contribution in [2.75, 3.05) is 39.7 Å². The van der Waals surface area contributed by atoms with Gasteiger partial charge in [0.1, 0.15) is 11.6 Å². The number of carbonyl (C=O) groups is 1. The Morgan fingerprint density at radius 2 is 2.03 bits per heavy atom. The van der Waals surface area contributed by atoms with E-state index in [4.69, 9.17) is 19.6 Å². The van der Waals surface area contributed by atoms with Gasteiger partial charge in [0.05, 0.1) is 36.3 Å². The van der Waals surface area contributed by atoms with E-state index < -0.39 is 6.09 Å². The molecule has 1 saturated carbocycles. The summed E-state index contributed by atoms with van der Waals surface area (Å²) in [6.45, 7) is 3.69. The topological polar surface area (TPSA) is 101 Å². The van der Waals surface area contributed by atoms with Crippen LogP contribution >= 0.6 is 0 Å². The highest BCUT2D eigenvalue weighted by Crippen LogP contribution is 2.38. The summed E-state index contributed by atoms with van der Waals surface area (Å²) in [7, 11) is 5.45. The van der Waals surface area contributed by atoms with Gasteiger partial charge in [0.2, 0.25) is 0 Å². The van der Waals surface area contributed by atoms with E-state index in [1.807, 2.05) is 31.5 Å². The van der Waals surface area contributed by atoms with Gasteiger partial charge < -0.3 is 19.5 Å². The zero-order chi connectivity index (χ0) is 24.2. The number of nitrogens with one attached hydrogen (secondary N) is 1. The first-order valence-electron chi connectivity index (χ1n) is 11.6. The highest BCUT2D eigenvalue weighted by atomic mass is 16.5. The van der Waals surface area contributed by atoms with Gasteiger partial charge in [-0.2, -0.15) is 0 Å². The number of rotatable bonds is 8. The highest BCUT2D eigenvalue weighted by Gasteiger charge is 2.29. The number of methoxy groups -OCH3 is 2. The van der Waals surface area contributed by atoms with Gasteiger partial charge in [-0.25, -0.2) is 9.78 Å². The van der Waals surface area contributed by atoms with E-state index in [1.165, 1.54) is 7.11 Å². The molecule has 0 aliphatic heterocycles. The van der Waals surface area contributed by atoms with Crippen molar-refractivity contribution in [3.63, 3.8) is 0 Å². The number of anilines is 1. The number of carboxylic acid groups (broad SMARTS) is 1. The van der Waals surface area contributed by atoms with Gasteiger partial charge in [-0.15, -0.1) is 0 Å². The Kier molecular flexibility index (Phi) is 7.33. The lowest BCUT2D eigenvalue weighted by Crippen LogP contribution is -2.37. The van der Waals surface area contributed by atoms with Gasteiger partial charge >= 0.3 is 6.09 Å². The van der Waals surface area contributed by atoms with Crippen LogP contribution in [0.2, 0.25) is 0 Å². The third-order valence-corrected chi connectivity index (χ3v) is 6.81. The maximum Gasteiger partial charge on any atom is 0.409 e. The predicted molar refractivity (Wildman–Crippen MR) is 131 cm³/mol. The van der Waals surface area contributed by atoms with Crippen LogP contribution in [0.15, 0.2) is 30.6 Å². The Bertz CT molecular complexity index is 1150. The molecule has 1 fully saturated rings. The standard InChI is InChI=1S/C25H33N5O4/c1-16-23-22(18-7-10-20(27-25(31)32)21(15-18)34-4)28-24(30(23)12-11-26-16)17-5-8-19(9-6-17)29(2)13-14-33-3/h7,10-12,15,17,19,27H,5-6,8-9,13-14H2,1-4H3,(H,31,32). The first kappa shape index (κ1) is 24.0. The van der Waals surface area contributed by atoms with Gasteiger partial charge in [0.15, 0.2) is 0 Å². The second kappa shape index (κ2) is 10.4. The molecule has 1 aliphatic carbocycles. The van der Waals surface area contributed by atoms with Crippen LogP contribution in [0.1, 0.15) is 43.1 Å². The number of ether oxygens (including phenoxy) is 2. The van der Waals surface area contributed by atoms with E-state index in [2.05, 4.69) is 26.6 Å². The number of hydrogen-bond donors (Lipinski definition) is 2. The van der Waals surface area contributed by atoms with Crippen LogP contribution in [-0.2, 0) is 4.74 Å². The summed E-state index contributed by atoms with van der Waals surface area (Å²) >= 11 is 0. The maximum atomic E-state index is 11.1. The molecule has 0 saturated heterocycles. The molecular formula is C25H33N5O4. The molecule has 0 bridgehead atoms. The summed E-state index contributed by atoms with van der Waals surface area (Å²) in [4.78, 5) is 23.2. The molecule has 3 aromatic rings. The van der Waals surface area contributed by atoms with Gasteiger partial charge in [0.25, 0.3) is 0 Å². The lowest BCUT2D eigenvalue weighted by Gasteiger charge is -2.34. The summed E-state index contributed by atoms with van der Waals surface area (Å²) in [5.41, 5.74) is 3.96. The molecule has 182 valence electrons. The van der Waals surface area contributed by atoms with Crippen molar-refractivity contribution in [1.82, 2.24) is 19.3 Å². The molecule has 0 spiro atoms. The molecule has 1 amide bonds. The molecule has 1 aliphatic rings. The largest absolute Gasteiger partial charge is 0.495 e. The normalized spacial score (nSPS) is 18.4. The third kappa shape index (κ3) is 4.85. The summed E-state index contributed by atoms with van der Waals surface area (Å²) < 4.78 is 12.9. The molecule has 0 unspecified atom stereocenters. The van der Waals surface area contributed by atoms with Crippen LogP contribution in [0.3, 0.4) is 0 Å². The van der Waals surface area contributed by atoms with Crippen LogP contribution in [-0.4, -0.2) is 70.9 Å². The fourth-order valence-electron chi connectivity index (χ4n) is 4.96. The van der Waals surface area contributed by atoms with Crippen LogP contribution in [0.5, 0.6) is 5.75 Å². The fraction of sp³-hybridized carbons (Fsp3) is 0.480. The zero-order valence-corrected chi connectivity index (χ0v) is 20.2. The zero-order valence-electron chi connectivity index (χ0n) is 20.2. The second-order valence-corrected chi connectivity index (χ2v) is 8.87. The van der Waals surface area contributed by atoms with Crippen LogP contribution < -0.4 is 10.1 Å². The van der Waals surface area contributed by atoms with Crippen LogP contribution in [0, 0.1) is 6.92 Å². The molecule has 0 radical (unpaired) electrons. The maximum absolute atomic E-state index is 11.1. The molecule has 2 aromatic heterocycles. The van der Waals surface area contributed by atoms with E-state index in [0.717, 1.165) is 67.1 Å². The van der Waals surface area contributed by atoms with Crippen LogP contribution in [0.4, 0.5) is 10.5 Å².